The van der Waals surface area contributed by atoms with Crippen molar-refractivity contribution >= 4 is 5.91 Å². The maximum Gasteiger partial charge on any atom is 0.239 e. The van der Waals surface area contributed by atoms with Gasteiger partial charge in [-0.25, -0.2) is 0 Å². The molecule has 0 aromatic carbocycles. The van der Waals surface area contributed by atoms with Crippen LogP contribution in [0.25, 0.3) is 0 Å². The molecule has 0 spiro atoms. The van der Waals surface area contributed by atoms with Crippen LogP contribution in [-0.2, 0) is 4.79 Å². The molecule has 1 amide bonds. The van der Waals surface area contributed by atoms with Gasteiger partial charge in [0.25, 0.3) is 0 Å². The van der Waals surface area contributed by atoms with Crippen molar-refractivity contribution in [2.75, 3.05) is 20.1 Å². The molecule has 3 nitrogen and oxygen atoms in total. The highest BCUT2D eigenvalue weighted by atomic mass is 16.2. The molecular formula is C9H18N2O. The standard InChI is InChI=1S/C9H18N2O/c1-3-11(2)9(12)8-6-4-5-7-10-8/h8,10H,3-7H2,1-2H3/t8-/m0/s1. The average molecular weight is 170 g/mol. The van der Waals surface area contributed by atoms with Crippen LogP contribution in [0.2, 0.25) is 0 Å². The molecule has 0 saturated carbocycles. The van der Waals surface area contributed by atoms with Crippen molar-refractivity contribution in [2.24, 2.45) is 0 Å². The molecule has 0 aromatic rings. The molecule has 1 aliphatic rings. The number of carbonyl (C=O) groups is 1. The van der Waals surface area contributed by atoms with Gasteiger partial charge >= 0.3 is 0 Å². The number of nitrogens with one attached hydrogen (secondary N) is 1. The first-order chi connectivity index (χ1) is 5.75. The summed E-state index contributed by atoms with van der Waals surface area (Å²) in [5.41, 5.74) is 0. The van der Waals surface area contributed by atoms with E-state index >= 15 is 0 Å². The van der Waals surface area contributed by atoms with E-state index in [1.165, 1.54) is 12.8 Å². The van der Waals surface area contributed by atoms with Gasteiger partial charge in [0.15, 0.2) is 0 Å². The topological polar surface area (TPSA) is 32.3 Å². The Hall–Kier alpha value is -0.570. The molecule has 1 N–H and O–H groups in total. The minimum Gasteiger partial charge on any atom is -0.345 e. The molecule has 3 heteroatoms. The van der Waals surface area contributed by atoms with Gasteiger partial charge in [0, 0.05) is 13.6 Å². The SMILES string of the molecule is CCN(C)C(=O)[C@@H]1CCCCN1. The summed E-state index contributed by atoms with van der Waals surface area (Å²) in [6.07, 6.45) is 3.39. The molecule has 1 fully saturated rings. The fourth-order valence-corrected chi connectivity index (χ4v) is 1.48. The number of hydrogen-bond acceptors (Lipinski definition) is 2. The van der Waals surface area contributed by atoms with E-state index in [0.29, 0.717) is 0 Å². The molecular weight excluding hydrogens is 152 g/mol. The fourth-order valence-electron chi connectivity index (χ4n) is 1.48. The van der Waals surface area contributed by atoms with Crippen LogP contribution in [0.5, 0.6) is 0 Å². The monoisotopic (exact) mass is 170 g/mol. The van der Waals surface area contributed by atoms with E-state index in [2.05, 4.69) is 5.32 Å². The molecule has 1 saturated heterocycles. The molecule has 12 heavy (non-hydrogen) atoms. The van der Waals surface area contributed by atoms with Gasteiger partial charge in [-0.1, -0.05) is 6.42 Å². The Labute approximate surface area is 74.1 Å². The second-order valence-corrected chi connectivity index (χ2v) is 3.35. The van der Waals surface area contributed by atoms with Crippen LogP contribution in [0.3, 0.4) is 0 Å². The van der Waals surface area contributed by atoms with Gasteiger partial charge in [-0.3, -0.25) is 4.79 Å². The molecule has 0 unspecified atom stereocenters. The first-order valence-corrected chi connectivity index (χ1v) is 4.74. The molecule has 1 atom stereocenters. The van der Waals surface area contributed by atoms with E-state index in [4.69, 9.17) is 0 Å². The van der Waals surface area contributed by atoms with Crippen LogP contribution in [0.4, 0.5) is 0 Å². The lowest BCUT2D eigenvalue weighted by Crippen LogP contribution is -2.47. The number of carbonyl (C=O) groups excluding carboxylic acids is 1. The Kier molecular flexibility index (Phi) is 3.53. The number of rotatable bonds is 2. The lowest BCUT2D eigenvalue weighted by Gasteiger charge is -2.26. The van der Waals surface area contributed by atoms with Gasteiger partial charge in [0.2, 0.25) is 5.91 Å². The van der Waals surface area contributed by atoms with Crippen molar-refractivity contribution in [3.8, 4) is 0 Å². The molecule has 1 aliphatic heterocycles. The predicted molar refractivity (Wildman–Crippen MR) is 49.0 cm³/mol. The zero-order valence-electron chi connectivity index (χ0n) is 7.97. The summed E-state index contributed by atoms with van der Waals surface area (Å²) in [6.45, 7) is 3.80. The van der Waals surface area contributed by atoms with E-state index in [-0.39, 0.29) is 11.9 Å². The Bertz CT molecular complexity index is 153. The number of hydrogen-bond donors (Lipinski definition) is 1. The van der Waals surface area contributed by atoms with Crippen molar-refractivity contribution in [1.29, 1.82) is 0 Å². The quantitative estimate of drug-likeness (QED) is 0.658. The summed E-state index contributed by atoms with van der Waals surface area (Å²) in [5, 5.41) is 3.24. The smallest absolute Gasteiger partial charge is 0.239 e. The molecule has 0 bridgehead atoms. The van der Waals surface area contributed by atoms with Crippen molar-refractivity contribution in [3.63, 3.8) is 0 Å². The summed E-state index contributed by atoms with van der Waals surface area (Å²) in [4.78, 5) is 13.4. The molecule has 70 valence electrons. The predicted octanol–water partition coefficient (Wildman–Crippen LogP) is 0.607. The van der Waals surface area contributed by atoms with Gasteiger partial charge in [-0.2, -0.15) is 0 Å². The maximum absolute atomic E-state index is 11.6. The van der Waals surface area contributed by atoms with Gasteiger partial charge in [-0.05, 0) is 26.3 Å². The first kappa shape index (κ1) is 9.52. The van der Waals surface area contributed by atoms with Crippen LogP contribution in [-0.4, -0.2) is 37.0 Å². The molecule has 1 rings (SSSR count). The highest BCUT2D eigenvalue weighted by Gasteiger charge is 2.22. The highest BCUT2D eigenvalue weighted by Crippen LogP contribution is 2.08. The molecule has 1 heterocycles. The number of likely N-dealkylation sites (N-methyl/N-ethyl adjacent to an activating group) is 1. The van der Waals surface area contributed by atoms with Crippen LogP contribution in [0.1, 0.15) is 26.2 Å². The van der Waals surface area contributed by atoms with Crippen LogP contribution >= 0.6 is 0 Å². The lowest BCUT2D eigenvalue weighted by molar-refractivity contribution is -0.132. The average Bonchev–Trinajstić information content (AvgIpc) is 2.17. The second-order valence-electron chi connectivity index (χ2n) is 3.35. The van der Waals surface area contributed by atoms with Gasteiger partial charge in [0.05, 0.1) is 6.04 Å². The van der Waals surface area contributed by atoms with Crippen molar-refractivity contribution in [3.05, 3.63) is 0 Å². The minimum atomic E-state index is 0.0868. The zero-order valence-corrected chi connectivity index (χ0v) is 7.97. The van der Waals surface area contributed by atoms with Crippen molar-refractivity contribution < 1.29 is 4.79 Å². The second kappa shape index (κ2) is 4.45. The third kappa shape index (κ3) is 2.21. The zero-order chi connectivity index (χ0) is 8.97. The fraction of sp³-hybridized carbons (Fsp3) is 0.889. The summed E-state index contributed by atoms with van der Waals surface area (Å²) in [6, 6.07) is 0.0868. The number of amides is 1. The molecule has 0 aromatic heterocycles. The van der Waals surface area contributed by atoms with E-state index in [9.17, 15) is 4.79 Å². The molecule has 0 radical (unpaired) electrons. The van der Waals surface area contributed by atoms with E-state index < -0.39 is 0 Å². The Morgan fingerprint density at radius 3 is 2.83 bits per heavy atom. The van der Waals surface area contributed by atoms with Gasteiger partial charge in [-0.15, -0.1) is 0 Å². The van der Waals surface area contributed by atoms with Crippen molar-refractivity contribution in [1.82, 2.24) is 10.2 Å². The summed E-state index contributed by atoms with van der Waals surface area (Å²) < 4.78 is 0. The van der Waals surface area contributed by atoms with Crippen LogP contribution in [0.15, 0.2) is 0 Å². The largest absolute Gasteiger partial charge is 0.345 e. The summed E-state index contributed by atoms with van der Waals surface area (Å²) >= 11 is 0. The molecule has 0 aliphatic carbocycles. The number of piperidine rings is 1. The minimum absolute atomic E-state index is 0.0868. The highest BCUT2D eigenvalue weighted by molar-refractivity contribution is 5.81. The Morgan fingerprint density at radius 1 is 1.58 bits per heavy atom. The van der Waals surface area contributed by atoms with Crippen molar-refractivity contribution in [2.45, 2.75) is 32.2 Å². The summed E-state index contributed by atoms with van der Waals surface area (Å²) in [7, 11) is 1.86. The summed E-state index contributed by atoms with van der Waals surface area (Å²) in [5.74, 6) is 0.247. The third-order valence-corrected chi connectivity index (χ3v) is 2.46. The van der Waals surface area contributed by atoms with Crippen LogP contribution in [0, 0.1) is 0 Å². The third-order valence-electron chi connectivity index (χ3n) is 2.46. The van der Waals surface area contributed by atoms with E-state index in [1.807, 2.05) is 14.0 Å². The lowest BCUT2D eigenvalue weighted by atomic mass is 10.0. The van der Waals surface area contributed by atoms with Crippen LogP contribution < -0.4 is 5.32 Å². The van der Waals surface area contributed by atoms with Gasteiger partial charge < -0.3 is 10.2 Å². The maximum atomic E-state index is 11.6. The number of nitrogens with zero attached hydrogens (tertiary/aromatic N) is 1. The Morgan fingerprint density at radius 2 is 2.33 bits per heavy atom. The Balaban J connectivity index is 2.39. The van der Waals surface area contributed by atoms with Gasteiger partial charge in [0.1, 0.15) is 0 Å². The normalized spacial score (nSPS) is 23.7. The first-order valence-electron chi connectivity index (χ1n) is 4.74. The van der Waals surface area contributed by atoms with E-state index in [1.54, 1.807) is 4.90 Å². The van der Waals surface area contributed by atoms with E-state index in [0.717, 1.165) is 19.5 Å².